The SMILES string of the molecule is CCn1nc(CNCCc2c[nH]c3ccccc23)c(-c2ccccc2)n1. The van der Waals surface area contributed by atoms with Gasteiger partial charge in [0.05, 0.1) is 6.54 Å². The summed E-state index contributed by atoms with van der Waals surface area (Å²) in [4.78, 5) is 5.10. The van der Waals surface area contributed by atoms with Gasteiger partial charge in [-0.25, -0.2) is 0 Å². The zero-order valence-electron chi connectivity index (χ0n) is 14.9. The molecule has 5 heteroatoms. The number of fused-ring (bicyclic) bond motifs is 1. The summed E-state index contributed by atoms with van der Waals surface area (Å²) < 4.78 is 0. The first-order chi connectivity index (χ1) is 12.8. The highest BCUT2D eigenvalue weighted by Gasteiger charge is 2.12. The van der Waals surface area contributed by atoms with Crippen LogP contribution in [0, 0.1) is 0 Å². The Labute approximate surface area is 153 Å². The maximum absolute atomic E-state index is 4.63. The third-order valence-corrected chi connectivity index (χ3v) is 4.59. The van der Waals surface area contributed by atoms with E-state index in [1.54, 1.807) is 4.80 Å². The fourth-order valence-electron chi connectivity index (χ4n) is 3.23. The molecule has 0 fully saturated rings. The van der Waals surface area contributed by atoms with Crippen LogP contribution in [-0.2, 0) is 19.5 Å². The number of rotatable bonds is 7. The van der Waals surface area contributed by atoms with Gasteiger partial charge in [-0.3, -0.25) is 0 Å². The maximum Gasteiger partial charge on any atom is 0.117 e. The Morgan fingerprint density at radius 3 is 2.65 bits per heavy atom. The zero-order valence-corrected chi connectivity index (χ0v) is 14.9. The number of hydrogen-bond donors (Lipinski definition) is 2. The first kappa shape index (κ1) is 16.5. The van der Waals surface area contributed by atoms with Crippen LogP contribution in [0.25, 0.3) is 22.2 Å². The van der Waals surface area contributed by atoms with E-state index in [0.29, 0.717) is 6.54 Å². The van der Waals surface area contributed by atoms with Crippen LogP contribution in [-0.4, -0.2) is 26.5 Å². The largest absolute Gasteiger partial charge is 0.361 e. The summed E-state index contributed by atoms with van der Waals surface area (Å²) in [5.41, 5.74) is 5.61. The molecule has 0 amide bonds. The minimum absolute atomic E-state index is 0.715. The number of H-pyrrole nitrogens is 1. The first-order valence-electron chi connectivity index (χ1n) is 9.10. The number of aromatic nitrogens is 4. The van der Waals surface area contributed by atoms with Gasteiger partial charge in [0.25, 0.3) is 0 Å². The van der Waals surface area contributed by atoms with E-state index in [1.807, 2.05) is 18.2 Å². The van der Waals surface area contributed by atoms with E-state index < -0.39 is 0 Å². The number of hydrogen-bond acceptors (Lipinski definition) is 3. The van der Waals surface area contributed by atoms with Gasteiger partial charge in [0.15, 0.2) is 0 Å². The van der Waals surface area contributed by atoms with E-state index in [4.69, 9.17) is 0 Å². The number of nitrogens with zero attached hydrogens (tertiary/aromatic N) is 3. The van der Waals surface area contributed by atoms with Crippen LogP contribution in [0.5, 0.6) is 0 Å². The Morgan fingerprint density at radius 2 is 1.81 bits per heavy atom. The monoisotopic (exact) mass is 345 g/mol. The lowest BCUT2D eigenvalue weighted by atomic mass is 10.1. The van der Waals surface area contributed by atoms with Crippen molar-refractivity contribution < 1.29 is 0 Å². The molecule has 2 heterocycles. The average Bonchev–Trinajstić information content (AvgIpc) is 3.30. The molecule has 0 aliphatic carbocycles. The van der Waals surface area contributed by atoms with Crippen LogP contribution in [0.15, 0.2) is 60.8 Å². The molecule has 2 aromatic heterocycles. The summed E-state index contributed by atoms with van der Waals surface area (Å²) in [5, 5.41) is 14.1. The Balaban J connectivity index is 1.42. The lowest BCUT2D eigenvalue weighted by molar-refractivity contribution is 0.558. The van der Waals surface area contributed by atoms with Crippen molar-refractivity contribution in [3.05, 3.63) is 72.1 Å². The van der Waals surface area contributed by atoms with Gasteiger partial charge in [-0.15, -0.1) is 0 Å². The highest BCUT2D eigenvalue weighted by atomic mass is 15.5. The van der Waals surface area contributed by atoms with E-state index in [-0.39, 0.29) is 0 Å². The lowest BCUT2D eigenvalue weighted by Crippen LogP contribution is -2.17. The Kier molecular flexibility index (Phi) is 4.80. The molecule has 0 atom stereocenters. The summed E-state index contributed by atoms with van der Waals surface area (Å²) in [6.45, 7) is 4.44. The summed E-state index contributed by atoms with van der Waals surface area (Å²) in [7, 11) is 0. The van der Waals surface area contributed by atoms with Crippen molar-refractivity contribution in [1.29, 1.82) is 0 Å². The van der Waals surface area contributed by atoms with Crippen LogP contribution in [0.3, 0.4) is 0 Å². The molecule has 0 spiro atoms. The summed E-state index contributed by atoms with van der Waals surface area (Å²) in [6, 6.07) is 18.7. The lowest BCUT2D eigenvalue weighted by Gasteiger charge is -2.04. The quantitative estimate of drug-likeness (QED) is 0.501. The summed E-state index contributed by atoms with van der Waals surface area (Å²) in [6.07, 6.45) is 3.09. The van der Waals surface area contributed by atoms with Gasteiger partial charge >= 0.3 is 0 Å². The molecule has 5 nitrogen and oxygen atoms in total. The van der Waals surface area contributed by atoms with Crippen molar-refractivity contribution >= 4 is 10.9 Å². The second kappa shape index (κ2) is 7.54. The fraction of sp³-hybridized carbons (Fsp3) is 0.238. The maximum atomic E-state index is 4.63. The first-order valence-corrected chi connectivity index (χ1v) is 9.10. The molecule has 0 unspecified atom stereocenters. The number of aryl methyl sites for hydroxylation is 1. The van der Waals surface area contributed by atoms with Crippen molar-refractivity contribution in [2.45, 2.75) is 26.4 Å². The molecule has 4 aromatic rings. The van der Waals surface area contributed by atoms with Gasteiger partial charge in [0.2, 0.25) is 0 Å². The number of nitrogens with one attached hydrogen (secondary N) is 2. The Morgan fingerprint density at radius 1 is 1.00 bits per heavy atom. The molecule has 0 saturated heterocycles. The van der Waals surface area contributed by atoms with Gasteiger partial charge in [-0.1, -0.05) is 48.5 Å². The van der Waals surface area contributed by atoms with Gasteiger partial charge in [0, 0.05) is 29.2 Å². The Hall–Kier alpha value is -2.92. The van der Waals surface area contributed by atoms with Gasteiger partial charge in [0.1, 0.15) is 11.4 Å². The highest BCUT2D eigenvalue weighted by Crippen LogP contribution is 2.20. The number of benzene rings is 2. The van der Waals surface area contributed by atoms with Crippen molar-refractivity contribution in [3.63, 3.8) is 0 Å². The number of aromatic amines is 1. The fourth-order valence-corrected chi connectivity index (χ4v) is 3.23. The van der Waals surface area contributed by atoms with E-state index in [9.17, 15) is 0 Å². The third-order valence-electron chi connectivity index (χ3n) is 4.59. The molecule has 2 aromatic carbocycles. The van der Waals surface area contributed by atoms with Crippen molar-refractivity contribution in [1.82, 2.24) is 25.3 Å². The summed E-state index contributed by atoms with van der Waals surface area (Å²) >= 11 is 0. The molecular formula is C21H23N5. The van der Waals surface area contributed by atoms with Crippen LogP contribution in [0.4, 0.5) is 0 Å². The standard InChI is InChI=1S/C21H23N5/c1-2-26-24-20(21(25-26)16-8-4-3-5-9-16)15-22-13-12-17-14-23-19-11-7-6-10-18(17)19/h3-11,14,22-23H,2,12-13,15H2,1H3. The second-order valence-corrected chi connectivity index (χ2v) is 6.34. The molecule has 4 rings (SSSR count). The number of para-hydroxylation sites is 1. The topological polar surface area (TPSA) is 58.5 Å². The molecule has 2 N–H and O–H groups in total. The van der Waals surface area contributed by atoms with Crippen LogP contribution in [0.1, 0.15) is 18.2 Å². The molecule has 26 heavy (non-hydrogen) atoms. The molecular weight excluding hydrogens is 322 g/mol. The molecule has 0 bridgehead atoms. The molecule has 132 valence electrons. The van der Waals surface area contributed by atoms with Gasteiger partial charge in [-0.2, -0.15) is 15.0 Å². The normalized spacial score (nSPS) is 11.3. The second-order valence-electron chi connectivity index (χ2n) is 6.34. The third kappa shape index (κ3) is 3.39. The smallest absolute Gasteiger partial charge is 0.117 e. The van der Waals surface area contributed by atoms with Gasteiger partial charge < -0.3 is 10.3 Å². The molecule has 0 radical (unpaired) electrons. The van der Waals surface area contributed by atoms with Crippen LogP contribution < -0.4 is 5.32 Å². The minimum Gasteiger partial charge on any atom is -0.361 e. The molecule has 0 aliphatic heterocycles. The average molecular weight is 345 g/mol. The predicted molar refractivity (Wildman–Crippen MR) is 105 cm³/mol. The van der Waals surface area contributed by atoms with E-state index in [1.165, 1.54) is 16.5 Å². The van der Waals surface area contributed by atoms with E-state index in [0.717, 1.165) is 36.5 Å². The highest BCUT2D eigenvalue weighted by molar-refractivity contribution is 5.83. The van der Waals surface area contributed by atoms with E-state index in [2.05, 4.69) is 70.0 Å². The Bertz CT molecular complexity index is 984. The van der Waals surface area contributed by atoms with E-state index >= 15 is 0 Å². The van der Waals surface area contributed by atoms with Crippen LogP contribution in [0.2, 0.25) is 0 Å². The molecule has 0 saturated carbocycles. The zero-order chi connectivity index (χ0) is 17.8. The van der Waals surface area contributed by atoms with Gasteiger partial charge in [-0.05, 0) is 31.5 Å². The van der Waals surface area contributed by atoms with Crippen molar-refractivity contribution in [2.24, 2.45) is 0 Å². The van der Waals surface area contributed by atoms with Crippen LogP contribution >= 0.6 is 0 Å². The van der Waals surface area contributed by atoms with Crippen molar-refractivity contribution in [3.8, 4) is 11.3 Å². The van der Waals surface area contributed by atoms with Crippen molar-refractivity contribution in [2.75, 3.05) is 6.54 Å². The minimum atomic E-state index is 0.715. The summed E-state index contributed by atoms with van der Waals surface area (Å²) in [5.74, 6) is 0. The predicted octanol–water partition coefficient (Wildman–Crippen LogP) is 3.78. The molecule has 0 aliphatic rings.